The average Bonchev–Trinajstić information content (AvgIpc) is 2.72. The number of benzene rings is 1. The van der Waals surface area contributed by atoms with Crippen LogP contribution in [0.1, 0.15) is 12.0 Å². The number of ether oxygens (including phenoxy) is 2. The van der Waals surface area contributed by atoms with Crippen molar-refractivity contribution < 1.29 is 14.6 Å². The highest BCUT2D eigenvalue weighted by Crippen LogP contribution is 2.31. The van der Waals surface area contributed by atoms with Crippen LogP contribution in [0.15, 0.2) is 42.5 Å². The van der Waals surface area contributed by atoms with Crippen LogP contribution in [-0.4, -0.2) is 29.5 Å². The van der Waals surface area contributed by atoms with Gasteiger partial charge in [0.2, 0.25) is 0 Å². The van der Waals surface area contributed by atoms with E-state index in [2.05, 4.69) is 0 Å². The van der Waals surface area contributed by atoms with Crippen molar-refractivity contribution in [2.75, 3.05) is 0 Å². The molecular formula is C14H16O3. The molecule has 4 atom stereocenters. The third kappa shape index (κ3) is 2.27. The quantitative estimate of drug-likeness (QED) is 0.805. The van der Waals surface area contributed by atoms with E-state index in [9.17, 15) is 5.11 Å². The van der Waals surface area contributed by atoms with Gasteiger partial charge in [0.1, 0.15) is 6.10 Å². The monoisotopic (exact) mass is 232 g/mol. The van der Waals surface area contributed by atoms with Gasteiger partial charge >= 0.3 is 0 Å². The van der Waals surface area contributed by atoms with Gasteiger partial charge in [0.15, 0.2) is 0 Å². The zero-order chi connectivity index (χ0) is 11.7. The molecule has 1 aromatic carbocycles. The Labute approximate surface area is 101 Å². The number of hydrogen-bond acceptors (Lipinski definition) is 3. The first-order chi connectivity index (χ1) is 8.33. The second-order valence-electron chi connectivity index (χ2n) is 4.59. The molecule has 1 N–H and O–H groups in total. The van der Waals surface area contributed by atoms with E-state index in [0.29, 0.717) is 6.61 Å². The summed E-state index contributed by atoms with van der Waals surface area (Å²) in [6.45, 7) is 0.599. The van der Waals surface area contributed by atoms with E-state index in [1.807, 2.05) is 42.5 Å². The van der Waals surface area contributed by atoms with E-state index in [1.165, 1.54) is 5.56 Å². The molecule has 1 aromatic rings. The molecule has 0 spiro atoms. The van der Waals surface area contributed by atoms with Crippen LogP contribution in [0.3, 0.4) is 0 Å². The molecule has 0 amide bonds. The molecule has 0 saturated carbocycles. The Kier molecular flexibility index (Phi) is 2.97. The first-order valence-electron chi connectivity index (χ1n) is 6.00. The van der Waals surface area contributed by atoms with Gasteiger partial charge in [-0.3, -0.25) is 0 Å². The Morgan fingerprint density at radius 3 is 2.82 bits per heavy atom. The normalized spacial score (nSPS) is 35.1. The molecule has 17 heavy (non-hydrogen) atoms. The van der Waals surface area contributed by atoms with Crippen molar-refractivity contribution in [3.8, 4) is 0 Å². The first kappa shape index (κ1) is 11.0. The van der Waals surface area contributed by atoms with Gasteiger partial charge in [0, 0.05) is 6.42 Å². The number of aliphatic hydroxyl groups is 1. The van der Waals surface area contributed by atoms with Crippen LogP contribution in [0.25, 0.3) is 0 Å². The lowest BCUT2D eigenvalue weighted by Crippen LogP contribution is -2.28. The average molecular weight is 232 g/mol. The van der Waals surface area contributed by atoms with E-state index in [1.54, 1.807) is 0 Å². The van der Waals surface area contributed by atoms with Gasteiger partial charge < -0.3 is 14.6 Å². The first-order valence-corrected chi connectivity index (χ1v) is 6.00. The van der Waals surface area contributed by atoms with Crippen molar-refractivity contribution in [2.45, 2.75) is 37.4 Å². The maximum absolute atomic E-state index is 9.63. The summed E-state index contributed by atoms with van der Waals surface area (Å²) in [7, 11) is 0. The van der Waals surface area contributed by atoms with Gasteiger partial charge in [-0.25, -0.2) is 0 Å². The molecule has 90 valence electrons. The number of hydrogen-bond donors (Lipinski definition) is 1. The van der Waals surface area contributed by atoms with Crippen LogP contribution in [0.5, 0.6) is 0 Å². The number of fused-ring (bicyclic) bond motifs is 2. The van der Waals surface area contributed by atoms with Crippen LogP contribution in [0.2, 0.25) is 0 Å². The zero-order valence-electron chi connectivity index (χ0n) is 9.53. The van der Waals surface area contributed by atoms with Crippen LogP contribution in [0.4, 0.5) is 0 Å². The Morgan fingerprint density at radius 1 is 1.24 bits per heavy atom. The molecule has 3 rings (SSSR count). The van der Waals surface area contributed by atoms with Crippen LogP contribution < -0.4 is 0 Å². The number of rotatable bonds is 3. The smallest absolute Gasteiger partial charge is 0.102 e. The Balaban J connectivity index is 1.59. The summed E-state index contributed by atoms with van der Waals surface area (Å²) >= 11 is 0. The lowest BCUT2D eigenvalue weighted by molar-refractivity contribution is -0.0355. The number of aliphatic hydroxyl groups excluding tert-OH is 1. The molecule has 3 heteroatoms. The topological polar surface area (TPSA) is 38.7 Å². The molecule has 2 heterocycles. The largest absolute Gasteiger partial charge is 0.386 e. The molecule has 0 aromatic heterocycles. The summed E-state index contributed by atoms with van der Waals surface area (Å²) in [6.07, 6.45) is 3.99. The maximum Gasteiger partial charge on any atom is 0.102 e. The van der Waals surface area contributed by atoms with Crippen LogP contribution >= 0.6 is 0 Å². The van der Waals surface area contributed by atoms with E-state index in [-0.39, 0.29) is 18.3 Å². The molecular weight excluding hydrogens is 216 g/mol. The van der Waals surface area contributed by atoms with E-state index < -0.39 is 6.10 Å². The molecule has 2 bridgehead atoms. The molecule has 0 radical (unpaired) electrons. The summed E-state index contributed by atoms with van der Waals surface area (Å²) in [6, 6.07) is 10.1. The van der Waals surface area contributed by atoms with Gasteiger partial charge in [-0.2, -0.15) is 0 Å². The third-order valence-corrected chi connectivity index (χ3v) is 3.35. The zero-order valence-corrected chi connectivity index (χ0v) is 9.53. The predicted molar refractivity (Wildman–Crippen MR) is 63.4 cm³/mol. The highest BCUT2D eigenvalue weighted by Gasteiger charge is 2.40. The van der Waals surface area contributed by atoms with Crippen LogP contribution in [0, 0.1) is 0 Å². The standard InChI is InChI=1S/C14H16O3/c15-11-6-7-12-14(8-13(11)17-12)16-9-10-4-2-1-3-5-10/h1-7,11-15H,8-9H2/t11?,12-,13-,14-/m1/s1. The van der Waals surface area contributed by atoms with Crippen molar-refractivity contribution in [1.82, 2.24) is 0 Å². The fourth-order valence-corrected chi connectivity index (χ4v) is 2.38. The second kappa shape index (κ2) is 4.61. The maximum atomic E-state index is 9.63. The van der Waals surface area contributed by atoms with E-state index >= 15 is 0 Å². The minimum Gasteiger partial charge on any atom is -0.386 e. The summed E-state index contributed by atoms with van der Waals surface area (Å²) in [5.41, 5.74) is 1.17. The van der Waals surface area contributed by atoms with Crippen molar-refractivity contribution in [3.63, 3.8) is 0 Å². The molecule has 2 aliphatic rings. The van der Waals surface area contributed by atoms with Gasteiger partial charge in [0.25, 0.3) is 0 Å². The Bertz CT molecular complexity index is 401. The van der Waals surface area contributed by atoms with Gasteiger partial charge in [-0.1, -0.05) is 42.5 Å². The molecule has 0 aliphatic carbocycles. The molecule has 1 fully saturated rings. The van der Waals surface area contributed by atoms with Gasteiger partial charge in [-0.15, -0.1) is 0 Å². The SMILES string of the molecule is OC1C=C[C@H]2O[C@@H]1C[C@H]2OCc1ccccc1. The van der Waals surface area contributed by atoms with Crippen molar-refractivity contribution >= 4 is 0 Å². The summed E-state index contributed by atoms with van der Waals surface area (Å²) in [5.74, 6) is 0. The molecule has 2 aliphatic heterocycles. The minimum absolute atomic E-state index is 0.00659. The van der Waals surface area contributed by atoms with Crippen LogP contribution in [-0.2, 0) is 16.1 Å². The second-order valence-corrected chi connectivity index (χ2v) is 4.59. The fraction of sp³-hybridized carbons (Fsp3) is 0.429. The Hall–Kier alpha value is -1.16. The molecule has 3 nitrogen and oxygen atoms in total. The Morgan fingerprint density at radius 2 is 2.06 bits per heavy atom. The predicted octanol–water partition coefficient (Wildman–Crippen LogP) is 1.66. The molecule has 1 unspecified atom stereocenters. The van der Waals surface area contributed by atoms with Crippen molar-refractivity contribution in [3.05, 3.63) is 48.0 Å². The molecule has 1 saturated heterocycles. The summed E-state index contributed by atoms with van der Waals surface area (Å²) < 4.78 is 11.5. The van der Waals surface area contributed by atoms with Crippen molar-refractivity contribution in [1.29, 1.82) is 0 Å². The van der Waals surface area contributed by atoms with Crippen molar-refractivity contribution in [2.24, 2.45) is 0 Å². The fourth-order valence-electron chi connectivity index (χ4n) is 2.38. The summed E-state index contributed by atoms with van der Waals surface area (Å²) in [5, 5.41) is 9.63. The highest BCUT2D eigenvalue weighted by molar-refractivity contribution is 5.14. The lowest BCUT2D eigenvalue weighted by Gasteiger charge is -2.20. The van der Waals surface area contributed by atoms with E-state index in [4.69, 9.17) is 9.47 Å². The summed E-state index contributed by atoms with van der Waals surface area (Å²) in [4.78, 5) is 0. The highest BCUT2D eigenvalue weighted by atomic mass is 16.6. The van der Waals surface area contributed by atoms with Gasteiger partial charge in [0.05, 0.1) is 24.9 Å². The minimum atomic E-state index is -0.475. The lowest BCUT2D eigenvalue weighted by atomic mass is 10.1. The van der Waals surface area contributed by atoms with E-state index in [0.717, 1.165) is 6.42 Å². The third-order valence-electron chi connectivity index (χ3n) is 3.35. The van der Waals surface area contributed by atoms with Gasteiger partial charge in [-0.05, 0) is 5.56 Å².